The molecule has 2 aromatic rings. The number of amides is 3. The number of carbonyl (C=O) groups is 3. The number of nitrogens with zero attached hydrogens (tertiary/aromatic N) is 1. The third-order valence-electron chi connectivity index (χ3n) is 5.65. The lowest BCUT2D eigenvalue weighted by molar-refractivity contribution is -0.137. The maximum Gasteiger partial charge on any atom is 0.414 e. The van der Waals surface area contributed by atoms with Gasteiger partial charge in [0.25, 0.3) is 0 Å². The average Bonchev–Trinajstić information content (AvgIpc) is 3.13. The molecule has 0 unspecified atom stereocenters. The van der Waals surface area contributed by atoms with E-state index in [1.165, 1.54) is 12.7 Å². The first-order valence-corrected chi connectivity index (χ1v) is 10.2. The van der Waals surface area contributed by atoms with E-state index in [1.54, 1.807) is 23.1 Å². The van der Waals surface area contributed by atoms with Gasteiger partial charge < -0.3 is 15.4 Å². The smallest absolute Gasteiger partial charge is 0.414 e. The van der Waals surface area contributed by atoms with Crippen LogP contribution in [-0.2, 0) is 20.7 Å². The SMILES string of the molecule is COC(=O)N1CCc2cc(NC(=O)C(=O)NC3CC(c4ccc(Cl)cc4)C3)ccc21. The van der Waals surface area contributed by atoms with Gasteiger partial charge in [-0.1, -0.05) is 23.7 Å². The quantitative estimate of drug-likeness (QED) is 0.734. The number of hydrogen-bond donors (Lipinski definition) is 2. The van der Waals surface area contributed by atoms with Crippen LogP contribution in [0.5, 0.6) is 0 Å². The lowest BCUT2D eigenvalue weighted by Gasteiger charge is -2.36. The molecule has 1 saturated carbocycles. The molecule has 0 atom stereocenters. The summed E-state index contributed by atoms with van der Waals surface area (Å²) < 4.78 is 4.77. The molecular formula is C22H22ClN3O4. The Morgan fingerprint density at radius 2 is 1.80 bits per heavy atom. The Morgan fingerprint density at radius 1 is 1.07 bits per heavy atom. The van der Waals surface area contributed by atoms with Crippen LogP contribution in [0.2, 0.25) is 5.02 Å². The van der Waals surface area contributed by atoms with E-state index in [4.69, 9.17) is 16.3 Å². The van der Waals surface area contributed by atoms with Gasteiger partial charge in [0.05, 0.1) is 12.8 Å². The summed E-state index contributed by atoms with van der Waals surface area (Å²) in [4.78, 5) is 37.8. The number of hydrogen-bond acceptors (Lipinski definition) is 4. The van der Waals surface area contributed by atoms with Gasteiger partial charge in [0.15, 0.2) is 0 Å². The van der Waals surface area contributed by atoms with Gasteiger partial charge >= 0.3 is 17.9 Å². The first-order valence-electron chi connectivity index (χ1n) is 9.80. The number of halogens is 1. The third-order valence-corrected chi connectivity index (χ3v) is 5.90. The first kappa shape index (κ1) is 20.2. The molecule has 30 heavy (non-hydrogen) atoms. The molecule has 1 aliphatic heterocycles. The van der Waals surface area contributed by atoms with Gasteiger partial charge in [-0.05, 0) is 66.6 Å². The van der Waals surface area contributed by atoms with Crippen molar-refractivity contribution in [2.45, 2.75) is 31.2 Å². The molecule has 1 heterocycles. The van der Waals surface area contributed by atoms with Crippen molar-refractivity contribution in [2.75, 3.05) is 23.9 Å². The van der Waals surface area contributed by atoms with Crippen LogP contribution in [0.15, 0.2) is 42.5 Å². The van der Waals surface area contributed by atoms with E-state index in [0.717, 1.165) is 24.1 Å². The van der Waals surface area contributed by atoms with Crippen LogP contribution in [0, 0.1) is 0 Å². The van der Waals surface area contributed by atoms with E-state index in [9.17, 15) is 14.4 Å². The Kier molecular flexibility index (Phi) is 5.63. The second-order valence-electron chi connectivity index (χ2n) is 7.56. The summed E-state index contributed by atoms with van der Waals surface area (Å²) in [6.45, 7) is 0.524. The van der Waals surface area contributed by atoms with Gasteiger partial charge in [0.1, 0.15) is 0 Å². The summed E-state index contributed by atoms with van der Waals surface area (Å²) in [7, 11) is 1.34. The second kappa shape index (κ2) is 8.36. The minimum atomic E-state index is -0.701. The van der Waals surface area contributed by atoms with Gasteiger partial charge in [-0.15, -0.1) is 0 Å². The Bertz CT molecular complexity index is 986. The molecule has 0 spiro atoms. The molecule has 2 N–H and O–H groups in total. The number of anilines is 2. The maximum absolute atomic E-state index is 12.3. The fourth-order valence-corrected chi connectivity index (χ4v) is 4.09. The lowest BCUT2D eigenvalue weighted by atomic mass is 9.76. The largest absolute Gasteiger partial charge is 0.452 e. The van der Waals surface area contributed by atoms with Crippen LogP contribution < -0.4 is 15.5 Å². The van der Waals surface area contributed by atoms with E-state index in [1.807, 2.05) is 24.3 Å². The zero-order valence-corrected chi connectivity index (χ0v) is 17.2. The normalized spacial score (nSPS) is 19.5. The van der Waals surface area contributed by atoms with Crippen LogP contribution in [0.3, 0.4) is 0 Å². The molecule has 0 saturated heterocycles. The highest BCUT2D eigenvalue weighted by molar-refractivity contribution is 6.39. The van der Waals surface area contributed by atoms with Crippen LogP contribution in [0.1, 0.15) is 29.9 Å². The average molecular weight is 428 g/mol. The zero-order valence-electron chi connectivity index (χ0n) is 16.5. The lowest BCUT2D eigenvalue weighted by Crippen LogP contribution is -2.47. The van der Waals surface area contributed by atoms with Crippen molar-refractivity contribution in [1.29, 1.82) is 0 Å². The predicted octanol–water partition coefficient (Wildman–Crippen LogP) is 3.47. The van der Waals surface area contributed by atoms with Crippen LogP contribution in [0.4, 0.5) is 16.2 Å². The molecule has 2 aliphatic rings. The highest BCUT2D eigenvalue weighted by atomic mass is 35.5. The molecule has 8 heteroatoms. The Labute approximate surface area is 179 Å². The molecule has 2 aromatic carbocycles. The molecule has 0 radical (unpaired) electrons. The molecule has 1 aliphatic carbocycles. The fraction of sp³-hybridized carbons (Fsp3) is 0.318. The summed E-state index contributed by atoms with van der Waals surface area (Å²) in [5, 5.41) is 6.11. The van der Waals surface area contributed by atoms with Crippen molar-refractivity contribution in [3.63, 3.8) is 0 Å². The zero-order chi connectivity index (χ0) is 21.3. The van der Waals surface area contributed by atoms with Crippen molar-refractivity contribution in [2.24, 2.45) is 0 Å². The van der Waals surface area contributed by atoms with E-state index in [-0.39, 0.29) is 6.04 Å². The molecule has 0 aromatic heterocycles. The molecule has 1 fully saturated rings. The molecule has 3 amide bonds. The Morgan fingerprint density at radius 3 is 2.50 bits per heavy atom. The monoisotopic (exact) mass is 427 g/mol. The minimum absolute atomic E-state index is 0.0161. The third kappa shape index (κ3) is 4.11. The number of nitrogens with one attached hydrogen (secondary N) is 2. The van der Waals surface area contributed by atoms with Crippen molar-refractivity contribution in [3.05, 3.63) is 58.6 Å². The summed E-state index contributed by atoms with van der Waals surface area (Å²) in [6.07, 6.45) is 1.84. The maximum atomic E-state index is 12.3. The van der Waals surface area contributed by atoms with Crippen LogP contribution in [0.25, 0.3) is 0 Å². The van der Waals surface area contributed by atoms with E-state index >= 15 is 0 Å². The van der Waals surface area contributed by atoms with Crippen molar-refractivity contribution < 1.29 is 19.1 Å². The van der Waals surface area contributed by atoms with Gasteiger partial charge in [-0.2, -0.15) is 0 Å². The van der Waals surface area contributed by atoms with Gasteiger partial charge in [0, 0.05) is 23.3 Å². The highest BCUT2D eigenvalue weighted by Crippen LogP contribution is 2.37. The van der Waals surface area contributed by atoms with E-state index in [2.05, 4.69) is 10.6 Å². The summed E-state index contributed by atoms with van der Waals surface area (Å²) >= 11 is 5.91. The summed E-state index contributed by atoms with van der Waals surface area (Å²) in [5.74, 6) is -0.982. The fourth-order valence-electron chi connectivity index (χ4n) is 3.96. The van der Waals surface area contributed by atoms with Crippen LogP contribution >= 0.6 is 11.6 Å². The number of carbonyl (C=O) groups excluding carboxylic acids is 3. The molecule has 156 valence electrons. The van der Waals surface area contributed by atoms with Gasteiger partial charge in [-0.25, -0.2) is 4.79 Å². The predicted molar refractivity (Wildman–Crippen MR) is 114 cm³/mol. The van der Waals surface area contributed by atoms with E-state index in [0.29, 0.717) is 29.6 Å². The number of rotatable bonds is 3. The minimum Gasteiger partial charge on any atom is -0.452 e. The van der Waals surface area contributed by atoms with Gasteiger partial charge in [-0.3, -0.25) is 14.5 Å². The van der Waals surface area contributed by atoms with Crippen molar-refractivity contribution in [3.8, 4) is 0 Å². The first-order chi connectivity index (χ1) is 14.4. The van der Waals surface area contributed by atoms with Crippen molar-refractivity contribution in [1.82, 2.24) is 5.32 Å². The highest BCUT2D eigenvalue weighted by Gasteiger charge is 2.33. The van der Waals surface area contributed by atoms with Gasteiger partial charge in [0.2, 0.25) is 0 Å². The van der Waals surface area contributed by atoms with Crippen molar-refractivity contribution >= 4 is 40.9 Å². The summed E-state index contributed by atoms with van der Waals surface area (Å²) in [6, 6.07) is 12.9. The molecular weight excluding hydrogens is 406 g/mol. The number of benzene rings is 2. The Balaban J connectivity index is 1.29. The second-order valence-corrected chi connectivity index (χ2v) is 8.00. The number of fused-ring (bicyclic) bond motifs is 1. The Hall–Kier alpha value is -3.06. The standard InChI is InChI=1S/C22H22ClN3O4/c1-30-22(29)26-9-8-14-10-17(6-7-19(14)26)24-20(27)21(28)25-18-11-15(12-18)13-2-4-16(23)5-3-13/h2-7,10,15,18H,8-9,11-12H2,1H3,(H,24,27)(H,25,28). The number of ether oxygens (including phenoxy) is 1. The number of methoxy groups -OCH3 is 1. The molecule has 7 nitrogen and oxygen atoms in total. The topological polar surface area (TPSA) is 87.7 Å². The summed E-state index contributed by atoms with van der Waals surface area (Å²) in [5.41, 5.74) is 3.39. The molecule has 0 bridgehead atoms. The van der Waals surface area contributed by atoms with Crippen LogP contribution in [-0.4, -0.2) is 37.6 Å². The van der Waals surface area contributed by atoms with E-state index < -0.39 is 17.9 Å². The molecule has 4 rings (SSSR count).